The number of carboxylic acids is 1. The molecule has 1 N–H and O–H groups in total. The SMILES string of the molecule is CC1(C)CCc2ccc(C(C)(C)CC(=O)O)cc2O1. The lowest BCUT2D eigenvalue weighted by atomic mass is 9.80. The molecule has 0 aromatic heterocycles. The standard InChI is InChI=1S/C16H22O3/c1-15(2,10-14(17)18)12-6-5-11-7-8-16(3,4)19-13(11)9-12/h5-6,9H,7-8,10H2,1-4H3,(H,17,18). The summed E-state index contributed by atoms with van der Waals surface area (Å²) in [6.07, 6.45) is 2.15. The molecule has 1 aliphatic rings. The zero-order chi connectivity index (χ0) is 14.3. The van der Waals surface area contributed by atoms with E-state index in [4.69, 9.17) is 9.84 Å². The number of aliphatic carboxylic acids is 1. The van der Waals surface area contributed by atoms with Crippen molar-refractivity contribution >= 4 is 5.97 Å². The molecule has 0 saturated carbocycles. The van der Waals surface area contributed by atoms with Gasteiger partial charge in [0.25, 0.3) is 0 Å². The summed E-state index contributed by atoms with van der Waals surface area (Å²) < 4.78 is 6.01. The molecule has 3 nitrogen and oxygen atoms in total. The Hall–Kier alpha value is -1.51. The second-order valence-electron chi connectivity index (χ2n) is 6.64. The van der Waals surface area contributed by atoms with Gasteiger partial charge in [0.05, 0.1) is 6.42 Å². The molecular formula is C16H22O3. The largest absolute Gasteiger partial charge is 0.488 e. The van der Waals surface area contributed by atoms with Gasteiger partial charge in [0.1, 0.15) is 11.4 Å². The van der Waals surface area contributed by atoms with Crippen molar-refractivity contribution in [2.45, 2.75) is 58.0 Å². The molecule has 0 fully saturated rings. The van der Waals surface area contributed by atoms with Crippen LogP contribution in [0.2, 0.25) is 0 Å². The molecule has 1 aromatic rings. The van der Waals surface area contributed by atoms with Gasteiger partial charge in [-0.3, -0.25) is 4.79 Å². The summed E-state index contributed by atoms with van der Waals surface area (Å²) in [6.45, 7) is 8.09. The zero-order valence-corrected chi connectivity index (χ0v) is 12.1. The predicted molar refractivity (Wildman–Crippen MR) is 74.7 cm³/mol. The van der Waals surface area contributed by atoms with Crippen molar-refractivity contribution in [1.29, 1.82) is 0 Å². The molecule has 0 aliphatic carbocycles. The molecule has 0 amide bonds. The number of hydrogen-bond donors (Lipinski definition) is 1. The lowest BCUT2D eigenvalue weighted by Crippen LogP contribution is -2.33. The van der Waals surface area contributed by atoms with Crippen molar-refractivity contribution in [3.8, 4) is 5.75 Å². The molecule has 2 rings (SSSR count). The van der Waals surface area contributed by atoms with Crippen LogP contribution in [0.15, 0.2) is 18.2 Å². The Balaban J connectivity index is 2.33. The fourth-order valence-electron chi connectivity index (χ4n) is 2.54. The van der Waals surface area contributed by atoms with Crippen LogP contribution in [0.1, 0.15) is 51.7 Å². The van der Waals surface area contributed by atoms with Crippen LogP contribution >= 0.6 is 0 Å². The van der Waals surface area contributed by atoms with Crippen LogP contribution in [-0.2, 0) is 16.6 Å². The summed E-state index contributed by atoms with van der Waals surface area (Å²) in [5.41, 5.74) is 1.72. The minimum atomic E-state index is -0.774. The fraction of sp³-hybridized carbons (Fsp3) is 0.562. The highest BCUT2D eigenvalue weighted by Crippen LogP contribution is 2.37. The van der Waals surface area contributed by atoms with Crippen molar-refractivity contribution < 1.29 is 14.6 Å². The fourth-order valence-corrected chi connectivity index (χ4v) is 2.54. The van der Waals surface area contributed by atoms with E-state index in [0.717, 1.165) is 24.2 Å². The van der Waals surface area contributed by atoms with Gasteiger partial charge in [-0.1, -0.05) is 26.0 Å². The molecule has 0 radical (unpaired) electrons. The number of rotatable bonds is 3. The molecule has 0 saturated heterocycles. The Bertz CT molecular complexity index is 501. The summed E-state index contributed by atoms with van der Waals surface area (Å²) in [6, 6.07) is 6.12. The van der Waals surface area contributed by atoms with Crippen LogP contribution in [0.4, 0.5) is 0 Å². The highest BCUT2D eigenvalue weighted by molar-refractivity contribution is 5.69. The zero-order valence-electron chi connectivity index (χ0n) is 12.1. The average molecular weight is 262 g/mol. The number of benzene rings is 1. The van der Waals surface area contributed by atoms with E-state index in [1.54, 1.807) is 0 Å². The van der Waals surface area contributed by atoms with E-state index < -0.39 is 5.97 Å². The second-order valence-corrected chi connectivity index (χ2v) is 6.64. The third-order valence-corrected chi connectivity index (χ3v) is 3.82. The Morgan fingerprint density at radius 2 is 2.11 bits per heavy atom. The first-order valence-electron chi connectivity index (χ1n) is 6.74. The van der Waals surface area contributed by atoms with Gasteiger partial charge in [0.2, 0.25) is 0 Å². The molecule has 0 unspecified atom stereocenters. The molecule has 1 heterocycles. The normalized spacial score (nSPS) is 17.5. The lowest BCUT2D eigenvalue weighted by molar-refractivity contribution is -0.138. The molecule has 0 spiro atoms. The number of aryl methyl sites for hydroxylation is 1. The monoisotopic (exact) mass is 262 g/mol. The van der Waals surface area contributed by atoms with Crippen LogP contribution in [0, 0.1) is 0 Å². The van der Waals surface area contributed by atoms with Gasteiger partial charge in [-0.05, 0) is 43.9 Å². The summed E-state index contributed by atoms with van der Waals surface area (Å²) in [5, 5.41) is 9.00. The maximum atomic E-state index is 10.9. The van der Waals surface area contributed by atoms with Gasteiger partial charge >= 0.3 is 5.97 Å². The first kappa shape index (κ1) is 13.9. The van der Waals surface area contributed by atoms with Crippen molar-refractivity contribution in [2.75, 3.05) is 0 Å². The summed E-state index contributed by atoms with van der Waals surface area (Å²) in [7, 11) is 0. The smallest absolute Gasteiger partial charge is 0.304 e. The van der Waals surface area contributed by atoms with E-state index in [2.05, 4.69) is 19.9 Å². The maximum absolute atomic E-state index is 10.9. The number of ether oxygens (including phenoxy) is 1. The van der Waals surface area contributed by atoms with Crippen molar-refractivity contribution in [3.63, 3.8) is 0 Å². The maximum Gasteiger partial charge on any atom is 0.304 e. The number of hydrogen-bond acceptors (Lipinski definition) is 2. The van der Waals surface area contributed by atoms with E-state index in [1.807, 2.05) is 26.0 Å². The highest BCUT2D eigenvalue weighted by Gasteiger charge is 2.29. The second kappa shape index (κ2) is 4.55. The summed E-state index contributed by atoms with van der Waals surface area (Å²) in [5.74, 6) is 0.135. The molecule has 1 aromatic carbocycles. The van der Waals surface area contributed by atoms with E-state index >= 15 is 0 Å². The Morgan fingerprint density at radius 1 is 1.42 bits per heavy atom. The Kier molecular flexibility index (Phi) is 3.33. The van der Waals surface area contributed by atoms with Crippen LogP contribution in [0.3, 0.4) is 0 Å². The molecular weight excluding hydrogens is 240 g/mol. The van der Waals surface area contributed by atoms with Gasteiger partial charge < -0.3 is 9.84 Å². The molecule has 1 aliphatic heterocycles. The van der Waals surface area contributed by atoms with Crippen molar-refractivity contribution in [2.24, 2.45) is 0 Å². The lowest BCUT2D eigenvalue weighted by Gasteiger charge is -2.34. The van der Waals surface area contributed by atoms with E-state index in [1.165, 1.54) is 5.56 Å². The molecule has 0 bridgehead atoms. The minimum Gasteiger partial charge on any atom is -0.488 e. The summed E-state index contributed by atoms with van der Waals surface area (Å²) >= 11 is 0. The molecule has 19 heavy (non-hydrogen) atoms. The van der Waals surface area contributed by atoms with E-state index in [0.29, 0.717) is 0 Å². The van der Waals surface area contributed by atoms with Gasteiger partial charge in [-0.25, -0.2) is 0 Å². The van der Waals surface area contributed by atoms with E-state index in [9.17, 15) is 4.79 Å². The number of carboxylic acid groups (broad SMARTS) is 1. The predicted octanol–water partition coefficient (Wildman–Crippen LogP) is 3.54. The van der Waals surface area contributed by atoms with E-state index in [-0.39, 0.29) is 17.4 Å². The van der Waals surface area contributed by atoms with Gasteiger partial charge in [-0.15, -0.1) is 0 Å². The number of fused-ring (bicyclic) bond motifs is 1. The molecule has 0 atom stereocenters. The summed E-state index contributed by atoms with van der Waals surface area (Å²) in [4.78, 5) is 10.9. The highest BCUT2D eigenvalue weighted by atomic mass is 16.5. The average Bonchev–Trinajstić information content (AvgIpc) is 2.25. The van der Waals surface area contributed by atoms with Crippen molar-refractivity contribution in [1.82, 2.24) is 0 Å². The van der Waals surface area contributed by atoms with Crippen LogP contribution in [-0.4, -0.2) is 16.7 Å². The van der Waals surface area contributed by atoms with Gasteiger partial charge in [0, 0.05) is 5.41 Å². The van der Waals surface area contributed by atoms with Gasteiger partial charge in [0.15, 0.2) is 0 Å². The van der Waals surface area contributed by atoms with Crippen LogP contribution in [0.5, 0.6) is 5.75 Å². The first-order chi connectivity index (χ1) is 8.70. The number of carbonyl (C=O) groups is 1. The third-order valence-electron chi connectivity index (χ3n) is 3.82. The van der Waals surface area contributed by atoms with Crippen molar-refractivity contribution in [3.05, 3.63) is 29.3 Å². The quantitative estimate of drug-likeness (QED) is 0.906. The molecule has 3 heteroatoms. The first-order valence-corrected chi connectivity index (χ1v) is 6.74. The molecule has 104 valence electrons. The Labute approximate surface area is 114 Å². The van der Waals surface area contributed by atoms with Crippen LogP contribution < -0.4 is 4.74 Å². The minimum absolute atomic E-state index is 0.120. The van der Waals surface area contributed by atoms with Crippen LogP contribution in [0.25, 0.3) is 0 Å². The topological polar surface area (TPSA) is 46.5 Å². The van der Waals surface area contributed by atoms with Gasteiger partial charge in [-0.2, -0.15) is 0 Å². The Morgan fingerprint density at radius 3 is 2.74 bits per heavy atom. The third kappa shape index (κ3) is 3.09.